The summed E-state index contributed by atoms with van der Waals surface area (Å²) in [5, 5.41) is 10.2. The van der Waals surface area contributed by atoms with Crippen LogP contribution in [0.15, 0.2) is 84.9 Å². The standard InChI is InChI=1S/C33H32ClNO9/c1-39-25-10-4-22(5-11-25)19-42-29-17-16-28(31(34)32(29)43-20-23-6-12-26(40-2)13-7-23)33(38)35(18-30(36)37)44-21-24-8-14-27(41-3)15-9-24/h4-17H,18-21H2,1-3H3,(H,36,37). The van der Waals surface area contributed by atoms with Crippen LogP contribution in [-0.2, 0) is 29.5 Å². The molecule has 4 rings (SSSR count). The molecule has 44 heavy (non-hydrogen) atoms. The zero-order valence-corrected chi connectivity index (χ0v) is 25.2. The maximum atomic E-state index is 13.6. The highest BCUT2D eigenvalue weighted by Gasteiger charge is 2.26. The number of aliphatic carboxylic acids is 1. The van der Waals surface area contributed by atoms with E-state index in [1.165, 1.54) is 6.07 Å². The number of methoxy groups -OCH3 is 3. The Labute approximate surface area is 260 Å². The van der Waals surface area contributed by atoms with Crippen LogP contribution in [0.3, 0.4) is 0 Å². The number of hydrogen-bond acceptors (Lipinski definition) is 8. The van der Waals surface area contributed by atoms with Crippen molar-refractivity contribution in [2.45, 2.75) is 19.8 Å². The number of carboxylic acid groups (broad SMARTS) is 1. The monoisotopic (exact) mass is 621 g/mol. The number of rotatable bonds is 15. The second kappa shape index (κ2) is 15.5. The summed E-state index contributed by atoms with van der Waals surface area (Å²) in [7, 11) is 4.71. The van der Waals surface area contributed by atoms with Gasteiger partial charge in [-0.05, 0) is 65.2 Å². The number of carbonyl (C=O) groups is 2. The molecule has 1 amide bonds. The second-order valence-corrected chi connectivity index (χ2v) is 9.76. The summed E-state index contributed by atoms with van der Waals surface area (Å²) >= 11 is 6.77. The minimum atomic E-state index is -1.26. The van der Waals surface area contributed by atoms with Crippen molar-refractivity contribution in [2.75, 3.05) is 27.9 Å². The Morgan fingerprint density at radius 3 is 1.57 bits per heavy atom. The summed E-state index contributed by atoms with van der Waals surface area (Å²) < 4.78 is 27.7. The van der Waals surface area contributed by atoms with Crippen molar-refractivity contribution in [3.05, 3.63) is 112 Å². The Bertz CT molecular complexity index is 1540. The summed E-state index contributed by atoms with van der Waals surface area (Å²) in [6.45, 7) is -0.497. The van der Waals surface area contributed by atoms with Gasteiger partial charge in [-0.25, -0.2) is 5.06 Å². The Kier molecular flexibility index (Phi) is 11.3. The fourth-order valence-electron chi connectivity index (χ4n) is 4.02. The maximum absolute atomic E-state index is 13.6. The number of amides is 1. The summed E-state index contributed by atoms with van der Waals surface area (Å²) in [4.78, 5) is 30.8. The van der Waals surface area contributed by atoms with Gasteiger partial charge in [0, 0.05) is 0 Å². The van der Waals surface area contributed by atoms with Gasteiger partial charge in [-0.3, -0.25) is 14.4 Å². The van der Waals surface area contributed by atoms with Gasteiger partial charge in [0.25, 0.3) is 5.91 Å². The van der Waals surface area contributed by atoms with E-state index in [1.54, 1.807) is 63.8 Å². The molecule has 10 nitrogen and oxygen atoms in total. The van der Waals surface area contributed by atoms with E-state index in [0.717, 1.165) is 16.2 Å². The molecule has 4 aromatic carbocycles. The molecule has 4 aromatic rings. The molecular weight excluding hydrogens is 590 g/mol. The number of halogens is 1. The lowest BCUT2D eigenvalue weighted by molar-refractivity contribution is -0.162. The number of benzene rings is 4. The van der Waals surface area contributed by atoms with Crippen molar-refractivity contribution in [1.29, 1.82) is 0 Å². The van der Waals surface area contributed by atoms with Gasteiger partial charge in [-0.1, -0.05) is 48.0 Å². The third-order valence-corrected chi connectivity index (χ3v) is 6.81. The minimum absolute atomic E-state index is 0.0239. The Hall–Kier alpha value is -4.93. The van der Waals surface area contributed by atoms with Crippen molar-refractivity contribution >= 4 is 23.5 Å². The van der Waals surface area contributed by atoms with Crippen molar-refractivity contribution < 1.29 is 43.2 Å². The van der Waals surface area contributed by atoms with Crippen LogP contribution in [0.1, 0.15) is 27.0 Å². The molecule has 0 aromatic heterocycles. The van der Waals surface area contributed by atoms with Crippen molar-refractivity contribution in [2.24, 2.45) is 0 Å². The summed E-state index contributed by atoms with van der Waals surface area (Å²) in [5.41, 5.74) is 2.35. The van der Waals surface area contributed by atoms with E-state index < -0.39 is 18.4 Å². The third-order valence-electron chi connectivity index (χ3n) is 6.44. The molecule has 0 aliphatic rings. The van der Waals surface area contributed by atoms with Crippen LogP contribution in [0, 0.1) is 0 Å². The molecular formula is C33H32ClNO9. The summed E-state index contributed by atoms with van der Waals surface area (Å²) in [6, 6.07) is 24.6. The average Bonchev–Trinajstić information content (AvgIpc) is 3.05. The van der Waals surface area contributed by atoms with Crippen LogP contribution in [-0.4, -0.2) is 49.9 Å². The van der Waals surface area contributed by atoms with Gasteiger partial charge in [0.15, 0.2) is 11.5 Å². The van der Waals surface area contributed by atoms with Gasteiger partial charge in [-0.2, -0.15) is 0 Å². The maximum Gasteiger partial charge on any atom is 0.325 e. The number of hydroxylamine groups is 2. The molecule has 0 heterocycles. The predicted molar refractivity (Wildman–Crippen MR) is 163 cm³/mol. The first kappa shape index (κ1) is 32.0. The average molecular weight is 622 g/mol. The molecule has 0 aliphatic carbocycles. The second-order valence-electron chi connectivity index (χ2n) is 9.38. The predicted octanol–water partition coefficient (Wildman–Crippen LogP) is 6.18. The number of carbonyl (C=O) groups excluding carboxylic acids is 1. The molecule has 230 valence electrons. The number of hydrogen-bond donors (Lipinski definition) is 1. The first-order valence-electron chi connectivity index (χ1n) is 13.4. The van der Waals surface area contributed by atoms with Crippen LogP contribution in [0.25, 0.3) is 0 Å². The topological polar surface area (TPSA) is 113 Å². The van der Waals surface area contributed by atoms with E-state index in [2.05, 4.69) is 0 Å². The Morgan fingerprint density at radius 1 is 0.659 bits per heavy atom. The van der Waals surface area contributed by atoms with Gasteiger partial charge in [0.05, 0.1) is 31.9 Å². The zero-order chi connectivity index (χ0) is 31.5. The van der Waals surface area contributed by atoms with E-state index in [9.17, 15) is 14.7 Å². The zero-order valence-electron chi connectivity index (χ0n) is 24.4. The smallest absolute Gasteiger partial charge is 0.325 e. The molecule has 0 bridgehead atoms. The first-order chi connectivity index (χ1) is 21.3. The van der Waals surface area contributed by atoms with E-state index >= 15 is 0 Å². The highest BCUT2D eigenvalue weighted by atomic mass is 35.5. The lowest BCUT2D eigenvalue weighted by Crippen LogP contribution is -2.35. The SMILES string of the molecule is COc1ccc(COc2ccc(C(=O)N(CC(=O)O)OCc3ccc(OC)cc3)c(Cl)c2OCc2ccc(OC)cc2)cc1. The van der Waals surface area contributed by atoms with Crippen LogP contribution in [0.2, 0.25) is 5.02 Å². The molecule has 0 atom stereocenters. The van der Waals surface area contributed by atoms with Crippen molar-refractivity contribution in [3.8, 4) is 28.7 Å². The molecule has 0 saturated carbocycles. The van der Waals surface area contributed by atoms with Crippen LogP contribution in [0.4, 0.5) is 0 Å². The van der Waals surface area contributed by atoms with Crippen LogP contribution in [0.5, 0.6) is 28.7 Å². The lowest BCUT2D eigenvalue weighted by Gasteiger charge is -2.22. The van der Waals surface area contributed by atoms with E-state index in [4.69, 9.17) is 40.1 Å². The normalized spacial score (nSPS) is 10.5. The van der Waals surface area contributed by atoms with Gasteiger partial charge < -0.3 is 28.8 Å². The van der Waals surface area contributed by atoms with Gasteiger partial charge in [-0.15, -0.1) is 0 Å². The Balaban J connectivity index is 1.59. The molecule has 0 radical (unpaired) electrons. The Morgan fingerprint density at radius 2 is 1.11 bits per heavy atom. The molecule has 0 fully saturated rings. The van der Waals surface area contributed by atoms with Crippen molar-refractivity contribution in [1.82, 2.24) is 5.06 Å². The minimum Gasteiger partial charge on any atom is -0.497 e. The molecule has 0 saturated heterocycles. The number of carboxylic acids is 1. The van der Waals surface area contributed by atoms with Gasteiger partial charge in [0.1, 0.15) is 43.6 Å². The summed E-state index contributed by atoms with van der Waals surface area (Å²) in [5.74, 6) is 0.434. The van der Waals surface area contributed by atoms with E-state index in [1.807, 2.05) is 36.4 Å². The van der Waals surface area contributed by atoms with Gasteiger partial charge >= 0.3 is 5.97 Å². The quantitative estimate of drug-likeness (QED) is 0.155. The van der Waals surface area contributed by atoms with Crippen molar-refractivity contribution in [3.63, 3.8) is 0 Å². The third kappa shape index (κ3) is 8.56. The van der Waals surface area contributed by atoms with E-state index in [-0.39, 0.29) is 36.2 Å². The lowest BCUT2D eigenvalue weighted by atomic mass is 10.1. The van der Waals surface area contributed by atoms with Crippen LogP contribution < -0.4 is 23.7 Å². The highest BCUT2D eigenvalue weighted by molar-refractivity contribution is 6.35. The first-order valence-corrected chi connectivity index (χ1v) is 13.8. The molecule has 1 N–H and O–H groups in total. The van der Waals surface area contributed by atoms with Crippen LogP contribution >= 0.6 is 11.6 Å². The fourth-order valence-corrected chi connectivity index (χ4v) is 4.31. The highest BCUT2D eigenvalue weighted by Crippen LogP contribution is 2.39. The molecule has 0 unspecified atom stereocenters. The van der Waals surface area contributed by atoms with Gasteiger partial charge in [0.2, 0.25) is 0 Å². The molecule has 0 aliphatic heterocycles. The molecule has 0 spiro atoms. The molecule has 11 heteroatoms. The summed E-state index contributed by atoms with van der Waals surface area (Å²) in [6.07, 6.45) is 0. The number of nitrogens with zero attached hydrogens (tertiary/aromatic N) is 1. The fraction of sp³-hybridized carbons (Fsp3) is 0.212. The van der Waals surface area contributed by atoms with E-state index in [0.29, 0.717) is 28.6 Å². The largest absolute Gasteiger partial charge is 0.497 e. The number of ether oxygens (including phenoxy) is 5.